The van der Waals surface area contributed by atoms with Crippen LogP contribution in [-0.4, -0.2) is 68.1 Å². The van der Waals surface area contributed by atoms with Crippen LogP contribution in [0, 0.1) is 0 Å². The van der Waals surface area contributed by atoms with Crippen molar-refractivity contribution >= 4 is 18.0 Å². The SMILES string of the molecule is CN(C)CCN1CCN(c2ccc(/C=C/c3ccccc3)cn2)CC1. The van der Waals surface area contributed by atoms with E-state index < -0.39 is 0 Å². The molecule has 4 heteroatoms. The number of rotatable bonds is 6. The van der Waals surface area contributed by atoms with Crippen molar-refractivity contribution in [1.29, 1.82) is 0 Å². The summed E-state index contributed by atoms with van der Waals surface area (Å²) in [6.07, 6.45) is 6.21. The Morgan fingerprint density at radius 2 is 1.64 bits per heavy atom. The van der Waals surface area contributed by atoms with Crippen LogP contribution in [0.2, 0.25) is 0 Å². The van der Waals surface area contributed by atoms with E-state index in [9.17, 15) is 0 Å². The zero-order valence-corrected chi connectivity index (χ0v) is 15.3. The number of hydrogen-bond acceptors (Lipinski definition) is 4. The molecule has 2 heterocycles. The second-order valence-electron chi connectivity index (χ2n) is 6.83. The molecule has 132 valence electrons. The van der Waals surface area contributed by atoms with Crippen molar-refractivity contribution in [3.63, 3.8) is 0 Å². The summed E-state index contributed by atoms with van der Waals surface area (Å²) in [5.41, 5.74) is 2.35. The predicted octanol–water partition coefficient (Wildman–Crippen LogP) is 2.94. The van der Waals surface area contributed by atoms with Crippen LogP contribution in [0.15, 0.2) is 48.7 Å². The number of pyridine rings is 1. The average molecular weight is 336 g/mol. The molecule has 0 spiro atoms. The Labute approximate surface area is 151 Å². The predicted molar refractivity (Wildman–Crippen MR) is 107 cm³/mol. The summed E-state index contributed by atoms with van der Waals surface area (Å²) in [7, 11) is 4.27. The molecule has 0 atom stereocenters. The first-order valence-corrected chi connectivity index (χ1v) is 9.02. The van der Waals surface area contributed by atoms with E-state index in [2.05, 4.69) is 82.3 Å². The van der Waals surface area contributed by atoms with E-state index in [-0.39, 0.29) is 0 Å². The van der Waals surface area contributed by atoms with E-state index in [1.165, 1.54) is 5.56 Å². The molecule has 1 fully saturated rings. The van der Waals surface area contributed by atoms with Gasteiger partial charge in [0.25, 0.3) is 0 Å². The van der Waals surface area contributed by atoms with Crippen molar-refractivity contribution in [3.05, 3.63) is 59.8 Å². The number of aromatic nitrogens is 1. The van der Waals surface area contributed by atoms with Gasteiger partial charge in [-0.25, -0.2) is 4.98 Å². The fourth-order valence-electron chi connectivity index (χ4n) is 2.98. The molecule has 1 aliphatic heterocycles. The van der Waals surface area contributed by atoms with E-state index in [1.807, 2.05) is 12.3 Å². The van der Waals surface area contributed by atoms with Gasteiger partial charge in [0, 0.05) is 45.5 Å². The molecule has 4 nitrogen and oxygen atoms in total. The minimum Gasteiger partial charge on any atom is -0.354 e. The molecule has 0 saturated carbocycles. The third-order valence-electron chi connectivity index (χ3n) is 4.60. The zero-order valence-electron chi connectivity index (χ0n) is 15.3. The zero-order chi connectivity index (χ0) is 17.5. The summed E-state index contributed by atoms with van der Waals surface area (Å²) in [5.74, 6) is 1.09. The van der Waals surface area contributed by atoms with E-state index in [0.717, 1.165) is 50.6 Å². The number of likely N-dealkylation sites (N-methyl/N-ethyl adjacent to an activating group) is 1. The van der Waals surface area contributed by atoms with Gasteiger partial charge in [0.1, 0.15) is 5.82 Å². The van der Waals surface area contributed by atoms with E-state index >= 15 is 0 Å². The molecule has 1 aromatic heterocycles. The molecule has 0 bridgehead atoms. The molecule has 3 rings (SSSR count). The standard InChI is InChI=1S/C21H28N4/c1-23(2)12-13-24-14-16-25(17-15-24)21-11-10-20(18-22-21)9-8-19-6-4-3-5-7-19/h3-11,18H,12-17H2,1-2H3/b9-8+. The first kappa shape index (κ1) is 17.6. The summed E-state index contributed by atoms with van der Waals surface area (Å²) in [6, 6.07) is 14.6. The van der Waals surface area contributed by atoms with Gasteiger partial charge >= 0.3 is 0 Å². The number of nitrogens with zero attached hydrogens (tertiary/aromatic N) is 4. The van der Waals surface area contributed by atoms with Crippen LogP contribution in [0.4, 0.5) is 5.82 Å². The first-order chi connectivity index (χ1) is 12.2. The first-order valence-electron chi connectivity index (χ1n) is 9.02. The molecule has 1 aromatic carbocycles. The Balaban J connectivity index is 1.52. The Morgan fingerprint density at radius 3 is 2.28 bits per heavy atom. The van der Waals surface area contributed by atoms with Crippen molar-refractivity contribution in [1.82, 2.24) is 14.8 Å². The highest BCUT2D eigenvalue weighted by molar-refractivity contribution is 5.69. The molecular formula is C21H28N4. The Hall–Kier alpha value is -2.17. The molecule has 0 aliphatic carbocycles. The lowest BCUT2D eigenvalue weighted by Gasteiger charge is -2.35. The number of anilines is 1. The highest BCUT2D eigenvalue weighted by Gasteiger charge is 2.17. The monoisotopic (exact) mass is 336 g/mol. The summed E-state index contributed by atoms with van der Waals surface area (Å²) in [6.45, 7) is 6.62. The van der Waals surface area contributed by atoms with Gasteiger partial charge < -0.3 is 9.80 Å². The minimum absolute atomic E-state index is 1.06. The van der Waals surface area contributed by atoms with Crippen molar-refractivity contribution in [3.8, 4) is 0 Å². The van der Waals surface area contributed by atoms with Crippen molar-refractivity contribution in [2.24, 2.45) is 0 Å². The van der Waals surface area contributed by atoms with Gasteiger partial charge in [-0.05, 0) is 37.4 Å². The largest absolute Gasteiger partial charge is 0.354 e. The lowest BCUT2D eigenvalue weighted by atomic mass is 10.1. The maximum Gasteiger partial charge on any atom is 0.128 e. The fraction of sp³-hybridized carbons (Fsp3) is 0.381. The molecular weight excluding hydrogens is 308 g/mol. The van der Waals surface area contributed by atoms with Gasteiger partial charge in [0.05, 0.1) is 0 Å². The lowest BCUT2D eigenvalue weighted by Crippen LogP contribution is -2.48. The molecule has 0 radical (unpaired) electrons. The average Bonchev–Trinajstić information content (AvgIpc) is 2.66. The van der Waals surface area contributed by atoms with Crippen molar-refractivity contribution < 1.29 is 0 Å². The number of benzene rings is 1. The molecule has 25 heavy (non-hydrogen) atoms. The van der Waals surface area contributed by atoms with Crippen LogP contribution in [0.5, 0.6) is 0 Å². The van der Waals surface area contributed by atoms with E-state index in [0.29, 0.717) is 0 Å². The fourth-order valence-corrected chi connectivity index (χ4v) is 2.98. The molecule has 1 saturated heterocycles. The molecule has 1 aliphatic rings. The van der Waals surface area contributed by atoms with Crippen molar-refractivity contribution in [2.75, 3.05) is 58.3 Å². The Bertz CT molecular complexity index is 656. The number of piperazine rings is 1. The van der Waals surface area contributed by atoms with Crippen LogP contribution in [-0.2, 0) is 0 Å². The second kappa shape index (κ2) is 8.79. The smallest absolute Gasteiger partial charge is 0.128 e. The molecule has 0 N–H and O–H groups in total. The highest BCUT2D eigenvalue weighted by Crippen LogP contribution is 2.15. The molecule has 0 unspecified atom stereocenters. The Morgan fingerprint density at radius 1 is 0.920 bits per heavy atom. The Kier molecular flexibility index (Phi) is 6.20. The van der Waals surface area contributed by atoms with Crippen molar-refractivity contribution in [2.45, 2.75) is 0 Å². The normalized spacial score (nSPS) is 16.0. The van der Waals surface area contributed by atoms with Crippen LogP contribution in [0.25, 0.3) is 12.2 Å². The summed E-state index contributed by atoms with van der Waals surface area (Å²) < 4.78 is 0. The van der Waals surface area contributed by atoms with Crippen LogP contribution < -0.4 is 4.90 Å². The van der Waals surface area contributed by atoms with Gasteiger partial charge in [0.15, 0.2) is 0 Å². The van der Waals surface area contributed by atoms with Crippen LogP contribution in [0.3, 0.4) is 0 Å². The van der Waals surface area contributed by atoms with Gasteiger partial charge in [-0.2, -0.15) is 0 Å². The quantitative estimate of drug-likeness (QED) is 0.809. The highest BCUT2D eigenvalue weighted by atomic mass is 15.3. The third-order valence-corrected chi connectivity index (χ3v) is 4.60. The maximum atomic E-state index is 4.66. The van der Waals surface area contributed by atoms with Gasteiger partial charge in [0.2, 0.25) is 0 Å². The minimum atomic E-state index is 1.06. The van der Waals surface area contributed by atoms with Crippen LogP contribution in [0.1, 0.15) is 11.1 Å². The van der Waals surface area contributed by atoms with E-state index in [4.69, 9.17) is 0 Å². The van der Waals surface area contributed by atoms with E-state index in [1.54, 1.807) is 0 Å². The van der Waals surface area contributed by atoms with Crippen LogP contribution >= 0.6 is 0 Å². The molecule has 2 aromatic rings. The number of hydrogen-bond donors (Lipinski definition) is 0. The summed E-state index contributed by atoms with van der Waals surface area (Å²) in [5, 5.41) is 0. The molecule has 0 amide bonds. The topological polar surface area (TPSA) is 22.6 Å². The summed E-state index contributed by atoms with van der Waals surface area (Å²) in [4.78, 5) is 11.8. The van der Waals surface area contributed by atoms with Gasteiger partial charge in [-0.3, -0.25) is 4.90 Å². The van der Waals surface area contributed by atoms with Gasteiger partial charge in [-0.1, -0.05) is 42.5 Å². The third kappa shape index (κ3) is 5.41. The maximum absolute atomic E-state index is 4.66. The summed E-state index contributed by atoms with van der Waals surface area (Å²) >= 11 is 0. The lowest BCUT2D eigenvalue weighted by molar-refractivity contribution is 0.229. The van der Waals surface area contributed by atoms with Gasteiger partial charge in [-0.15, -0.1) is 0 Å². The second-order valence-corrected chi connectivity index (χ2v) is 6.83.